The van der Waals surface area contributed by atoms with Crippen molar-refractivity contribution in [3.8, 4) is 0 Å². The minimum absolute atomic E-state index is 0.143. The molecule has 1 heterocycles. The maximum Gasteiger partial charge on any atom is 0.251 e. The first-order valence-corrected chi connectivity index (χ1v) is 8.34. The summed E-state index contributed by atoms with van der Waals surface area (Å²) >= 11 is 18.4. The van der Waals surface area contributed by atoms with Gasteiger partial charge in [-0.25, -0.2) is 0 Å². The van der Waals surface area contributed by atoms with E-state index in [0.29, 0.717) is 32.6 Å². The van der Waals surface area contributed by atoms with Gasteiger partial charge in [0.15, 0.2) is 0 Å². The number of aromatic amines is 1. The number of anilines is 1. The van der Waals surface area contributed by atoms with Crippen molar-refractivity contribution in [2.45, 2.75) is 32.6 Å². The summed E-state index contributed by atoms with van der Waals surface area (Å²) in [6.07, 6.45) is 0.337. The summed E-state index contributed by atoms with van der Waals surface area (Å²) in [4.78, 5) is 15.4. The molecule has 0 saturated carbocycles. The second-order valence-electron chi connectivity index (χ2n) is 6.44. The number of pyridine rings is 1. The second-order valence-corrected chi connectivity index (χ2v) is 7.69. The van der Waals surface area contributed by atoms with Crippen LogP contribution in [0.25, 0.3) is 0 Å². The Labute approximate surface area is 151 Å². The van der Waals surface area contributed by atoms with Crippen LogP contribution in [-0.4, -0.2) is 12.0 Å². The Morgan fingerprint density at radius 3 is 2.13 bits per heavy atom. The number of rotatable bonds is 3. The molecule has 0 spiro atoms. The Morgan fingerprint density at radius 2 is 1.65 bits per heavy atom. The molecule has 0 radical (unpaired) electrons. The van der Waals surface area contributed by atoms with Crippen molar-refractivity contribution in [1.29, 1.82) is 0 Å². The number of halogens is 3. The van der Waals surface area contributed by atoms with Gasteiger partial charge in [-0.15, -0.1) is 0 Å². The van der Waals surface area contributed by atoms with E-state index in [1.54, 1.807) is 12.1 Å². The van der Waals surface area contributed by atoms with Crippen LogP contribution in [0.2, 0.25) is 15.1 Å². The van der Waals surface area contributed by atoms with Gasteiger partial charge in [-0.05, 0) is 23.8 Å². The standard InChI is InChI=1S/C17H19Cl3N2O/c1-17(2,3)15-14(21-4)6-9(16(23)22-15)5-11-12(19)7-10(18)8-13(11)20/h6-8,21H,5H2,1-4H3,(H,22,23). The first-order valence-electron chi connectivity index (χ1n) is 7.21. The number of hydrogen-bond acceptors (Lipinski definition) is 2. The molecule has 2 aromatic rings. The van der Waals surface area contributed by atoms with Gasteiger partial charge in [-0.3, -0.25) is 4.79 Å². The smallest absolute Gasteiger partial charge is 0.251 e. The summed E-state index contributed by atoms with van der Waals surface area (Å²) in [6, 6.07) is 5.10. The molecule has 2 N–H and O–H groups in total. The number of nitrogens with one attached hydrogen (secondary N) is 2. The number of hydrogen-bond donors (Lipinski definition) is 2. The molecule has 0 saturated heterocycles. The molecular formula is C17H19Cl3N2O. The molecular weight excluding hydrogens is 355 g/mol. The molecule has 0 amide bonds. The quantitative estimate of drug-likeness (QED) is 0.770. The Bertz CT molecular complexity index is 768. The molecule has 0 fully saturated rings. The summed E-state index contributed by atoms with van der Waals surface area (Å²) in [7, 11) is 1.83. The maximum atomic E-state index is 12.5. The Kier molecular flexibility index (Phi) is 5.34. The van der Waals surface area contributed by atoms with Crippen LogP contribution < -0.4 is 10.9 Å². The molecule has 3 nitrogen and oxygen atoms in total. The highest BCUT2D eigenvalue weighted by molar-refractivity contribution is 6.39. The van der Waals surface area contributed by atoms with Crippen molar-refractivity contribution in [2.24, 2.45) is 0 Å². The van der Waals surface area contributed by atoms with Crippen LogP contribution in [0, 0.1) is 0 Å². The third-order valence-electron chi connectivity index (χ3n) is 3.61. The number of aromatic nitrogens is 1. The van der Waals surface area contributed by atoms with Crippen LogP contribution in [0.15, 0.2) is 23.0 Å². The van der Waals surface area contributed by atoms with E-state index in [-0.39, 0.29) is 11.0 Å². The van der Waals surface area contributed by atoms with Gasteiger partial charge in [0, 0.05) is 45.2 Å². The lowest BCUT2D eigenvalue weighted by molar-refractivity contribution is 0.568. The fraction of sp³-hybridized carbons (Fsp3) is 0.353. The van der Waals surface area contributed by atoms with Crippen LogP contribution in [0.5, 0.6) is 0 Å². The Hall–Kier alpha value is -1.16. The summed E-state index contributed by atoms with van der Waals surface area (Å²) < 4.78 is 0. The Balaban J connectivity index is 2.52. The van der Waals surface area contributed by atoms with E-state index < -0.39 is 0 Å². The predicted octanol–water partition coefficient (Wildman–Crippen LogP) is 5.27. The van der Waals surface area contributed by atoms with Crippen LogP contribution in [-0.2, 0) is 11.8 Å². The Morgan fingerprint density at radius 1 is 1.09 bits per heavy atom. The summed E-state index contributed by atoms with van der Waals surface area (Å²) in [5.74, 6) is 0. The van der Waals surface area contributed by atoms with Crippen LogP contribution in [0.3, 0.4) is 0 Å². The van der Waals surface area contributed by atoms with Crippen molar-refractivity contribution in [2.75, 3.05) is 12.4 Å². The molecule has 0 atom stereocenters. The van der Waals surface area contributed by atoms with Crippen molar-refractivity contribution in [3.63, 3.8) is 0 Å². The van der Waals surface area contributed by atoms with Gasteiger partial charge >= 0.3 is 0 Å². The van der Waals surface area contributed by atoms with E-state index >= 15 is 0 Å². The second kappa shape index (κ2) is 6.76. The summed E-state index contributed by atoms with van der Waals surface area (Å²) in [5, 5.41) is 4.51. The zero-order valence-electron chi connectivity index (χ0n) is 13.5. The van der Waals surface area contributed by atoms with E-state index in [4.69, 9.17) is 34.8 Å². The monoisotopic (exact) mass is 372 g/mol. The van der Waals surface area contributed by atoms with E-state index in [9.17, 15) is 4.79 Å². The molecule has 0 aliphatic rings. The first-order chi connectivity index (χ1) is 10.6. The minimum atomic E-state index is -0.175. The van der Waals surface area contributed by atoms with Gasteiger partial charge in [-0.1, -0.05) is 55.6 Å². The number of H-pyrrole nitrogens is 1. The van der Waals surface area contributed by atoms with Crippen molar-refractivity contribution in [3.05, 3.63) is 60.4 Å². The van der Waals surface area contributed by atoms with Crippen LogP contribution >= 0.6 is 34.8 Å². The van der Waals surface area contributed by atoms with Crippen molar-refractivity contribution in [1.82, 2.24) is 4.98 Å². The highest BCUT2D eigenvalue weighted by atomic mass is 35.5. The van der Waals surface area contributed by atoms with E-state index in [1.807, 2.05) is 33.9 Å². The number of benzene rings is 1. The molecule has 0 aliphatic carbocycles. The molecule has 1 aromatic heterocycles. The summed E-state index contributed by atoms with van der Waals surface area (Å²) in [6.45, 7) is 6.14. The molecule has 2 rings (SSSR count). The lowest BCUT2D eigenvalue weighted by atomic mass is 9.89. The third-order valence-corrected chi connectivity index (χ3v) is 4.50. The largest absolute Gasteiger partial charge is 0.387 e. The topological polar surface area (TPSA) is 44.9 Å². The minimum Gasteiger partial charge on any atom is -0.387 e. The average molecular weight is 374 g/mol. The van der Waals surface area contributed by atoms with Gasteiger partial charge < -0.3 is 10.3 Å². The maximum absolute atomic E-state index is 12.5. The van der Waals surface area contributed by atoms with E-state index in [1.165, 1.54) is 0 Å². The highest BCUT2D eigenvalue weighted by Crippen LogP contribution is 2.32. The molecule has 1 aromatic carbocycles. The van der Waals surface area contributed by atoms with E-state index in [2.05, 4.69) is 10.3 Å². The average Bonchev–Trinajstić information content (AvgIpc) is 2.42. The van der Waals surface area contributed by atoms with Gasteiger partial charge in [0.05, 0.1) is 5.69 Å². The summed E-state index contributed by atoms with van der Waals surface area (Å²) in [5.41, 5.74) is 2.71. The fourth-order valence-electron chi connectivity index (χ4n) is 2.42. The van der Waals surface area contributed by atoms with Crippen LogP contribution in [0.1, 0.15) is 37.6 Å². The molecule has 0 unspecified atom stereocenters. The predicted molar refractivity (Wildman–Crippen MR) is 99.6 cm³/mol. The van der Waals surface area contributed by atoms with E-state index in [0.717, 1.165) is 11.4 Å². The van der Waals surface area contributed by atoms with Gasteiger partial charge in [-0.2, -0.15) is 0 Å². The van der Waals surface area contributed by atoms with Gasteiger partial charge in [0.25, 0.3) is 5.56 Å². The highest BCUT2D eigenvalue weighted by Gasteiger charge is 2.21. The third kappa shape index (κ3) is 4.03. The first kappa shape index (κ1) is 18.2. The van der Waals surface area contributed by atoms with Crippen molar-refractivity contribution >= 4 is 40.5 Å². The normalized spacial score (nSPS) is 11.6. The van der Waals surface area contributed by atoms with Crippen LogP contribution in [0.4, 0.5) is 5.69 Å². The zero-order valence-corrected chi connectivity index (χ0v) is 15.7. The van der Waals surface area contributed by atoms with Crippen molar-refractivity contribution < 1.29 is 0 Å². The zero-order chi connectivity index (χ0) is 17.4. The molecule has 124 valence electrons. The molecule has 6 heteroatoms. The molecule has 0 bridgehead atoms. The van der Waals surface area contributed by atoms with Gasteiger partial charge in [0.1, 0.15) is 0 Å². The van der Waals surface area contributed by atoms with Gasteiger partial charge in [0.2, 0.25) is 0 Å². The lowest BCUT2D eigenvalue weighted by Crippen LogP contribution is -2.24. The lowest BCUT2D eigenvalue weighted by Gasteiger charge is -2.22. The molecule has 0 aliphatic heterocycles. The SMILES string of the molecule is CNc1cc(Cc2c(Cl)cc(Cl)cc2Cl)c(=O)[nH]c1C(C)(C)C. The molecule has 23 heavy (non-hydrogen) atoms. The fourth-order valence-corrected chi connectivity index (χ4v) is 3.38.